The number of thiophene rings is 1. The minimum atomic E-state index is -0.659. The van der Waals surface area contributed by atoms with Crippen LogP contribution in [0.25, 0.3) is 0 Å². The Morgan fingerprint density at radius 1 is 1.32 bits per heavy atom. The molecule has 2 aromatic rings. The van der Waals surface area contributed by atoms with Crippen LogP contribution in [0.5, 0.6) is 0 Å². The summed E-state index contributed by atoms with van der Waals surface area (Å²) in [5.41, 5.74) is 6.96. The van der Waals surface area contributed by atoms with Crippen LogP contribution in [0.3, 0.4) is 0 Å². The van der Waals surface area contributed by atoms with Crippen molar-refractivity contribution in [2.45, 2.75) is 19.3 Å². The molecule has 0 atom stereocenters. The van der Waals surface area contributed by atoms with E-state index in [1.165, 1.54) is 23.7 Å². The first-order chi connectivity index (χ1) is 12.0. The summed E-state index contributed by atoms with van der Waals surface area (Å²) in [6.07, 6.45) is 5.52. The molecular formula is C16H14BrN3O4S. The third-order valence-corrected chi connectivity index (χ3v) is 5.34. The van der Waals surface area contributed by atoms with Crippen LogP contribution in [0.15, 0.2) is 22.9 Å². The van der Waals surface area contributed by atoms with Crippen molar-refractivity contribution in [3.8, 4) is 0 Å². The van der Waals surface area contributed by atoms with E-state index >= 15 is 0 Å². The minimum absolute atomic E-state index is 0.232. The summed E-state index contributed by atoms with van der Waals surface area (Å²) in [6.45, 7) is -0.466. The molecule has 0 unspecified atom stereocenters. The van der Waals surface area contributed by atoms with Crippen molar-refractivity contribution in [2.24, 2.45) is 5.73 Å². The quantitative estimate of drug-likeness (QED) is 0.716. The van der Waals surface area contributed by atoms with Crippen LogP contribution in [0.1, 0.15) is 37.6 Å². The number of halogens is 1. The Bertz CT molecular complexity index is 865. The SMILES string of the molecule is NC(=O)c1c(NC(=O)COC(=O)c2cncc(Br)c2)sc2c1CCC2. The molecule has 0 aromatic carbocycles. The number of nitrogens with one attached hydrogen (secondary N) is 1. The second-order valence-electron chi connectivity index (χ2n) is 5.44. The highest BCUT2D eigenvalue weighted by molar-refractivity contribution is 9.10. The lowest BCUT2D eigenvalue weighted by atomic mass is 10.1. The molecule has 0 saturated heterocycles. The maximum atomic E-state index is 12.1. The van der Waals surface area contributed by atoms with Gasteiger partial charge >= 0.3 is 5.97 Å². The summed E-state index contributed by atoms with van der Waals surface area (Å²) in [5, 5.41) is 3.04. The molecule has 3 N–H and O–H groups in total. The van der Waals surface area contributed by atoms with Gasteiger partial charge in [0.05, 0.1) is 11.1 Å². The zero-order valence-corrected chi connectivity index (χ0v) is 15.4. The summed E-state index contributed by atoms with van der Waals surface area (Å²) in [4.78, 5) is 40.6. The lowest BCUT2D eigenvalue weighted by Crippen LogP contribution is -2.22. The monoisotopic (exact) mass is 423 g/mol. The fraction of sp³-hybridized carbons (Fsp3) is 0.250. The number of aryl methyl sites for hydroxylation is 1. The molecule has 9 heteroatoms. The number of rotatable bonds is 5. The van der Waals surface area contributed by atoms with Crippen LogP contribution in [0.4, 0.5) is 5.00 Å². The topological polar surface area (TPSA) is 111 Å². The zero-order chi connectivity index (χ0) is 18.0. The summed E-state index contributed by atoms with van der Waals surface area (Å²) < 4.78 is 5.60. The van der Waals surface area contributed by atoms with Crippen LogP contribution in [-0.4, -0.2) is 29.4 Å². The van der Waals surface area contributed by atoms with E-state index in [0.29, 0.717) is 15.0 Å². The number of carbonyl (C=O) groups excluding carboxylic acids is 3. The molecule has 1 aliphatic rings. The number of ether oxygens (including phenoxy) is 1. The first-order valence-electron chi connectivity index (χ1n) is 7.47. The molecule has 2 aromatic heterocycles. The Labute approximate surface area is 155 Å². The second kappa shape index (κ2) is 7.32. The number of hydrogen-bond donors (Lipinski definition) is 2. The van der Waals surface area contributed by atoms with Gasteiger partial charge in [-0.3, -0.25) is 14.6 Å². The predicted molar refractivity (Wildman–Crippen MR) is 95.7 cm³/mol. The highest BCUT2D eigenvalue weighted by Gasteiger charge is 2.26. The van der Waals surface area contributed by atoms with E-state index in [9.17, 15) is 14.4 Å². The molecule has 0 saturated carbocycles. The Hall–Kier alpha value is -2.26. The maximum Gasteiger partial charge on any atom is 0.340 e. The van der Waals surface area contributed by atoms with Crippen LogP contribution in [0.2, 0.25) is 0 Å². The standard InChI is InChI=1S/C16H14BrN3O4S/c17-9-4-8(5-19-6-9)16(23)24-7-12(21)20-15-13(14(18)22)10-2-1-3-11(10)25-15/h4-6H,1-3,7H2,(H2,18,22)(H,20,21). The number of fused-ring (bicyclic) bond motifs is 1. The third-order valence-electron chi connectivity index (χ3n) is 3.70. The fourth-order valence-corrected chi connectivity index (χ4v) is 4.33. The number of carbonyl (C=O) groups is 3. The number of primary amides is 1. The molecule has 0 aliphatic heterocycles. The first kappa shape index (κ1) is 17.6. The van der Waals surface area contributed by atoms with Gasteiger partial charge in [-0.05, 0) is 46.8 Å². The van der Waals surface area contributed by atoms with Gasteiger partial charge in [0.2, 0.25) is 0 Å². The predicted octanol–water partition coefficient (Wildman–Crippen LogP) is 2.29. The Morgan fingerprint density at radius 3 is 2.84 bits per heavy atom. The number of anilines is 1. The lowest BCUT2D eigenvalue weighted by molar-refractivity contribution is -0.119. The van der Waals surface area contributed by atoms with Gasteiger partial charge in [0.1, 0.15) is 5.00 Å². The van der Waals surface area contributed by atoms with E-state index in [-0.39, 0.29) is 5.56 Å². The molecule has 25 heavy (non-hydrogen) atoms. The Balaban J connectivity index is 1.64. The second-order valence-corrected chi connectivity index (χ2v) is 7.46. The molecular weight excluding hydrogens is 410 g/mol. The van der Waals surface area contributed by atoms with E-state index < -0.39 is 24.4 Å². The highest BCUT2D eigenvalue weighted by Crippen LogP contribution is 2.38. The number of nitrogens with two attached hydrogens (primary N) is 1. The average molecular weight is 424 g/mol. The van der Waals surface area contributed by atoms with Gasteiger partial charge in [-0.25, -0.2) is 4.79 Å². The normalized spacial score (nSPS) is 12.5. The molecule has 2 amide bonds. The largest absolute Gasteiger partial charge is 0.452 e. The fourth-order valence-electron chi connectivity index (χ4n) is 2.65. The number of esters is 1. The molecule has 1 aliphatic carbocycles. The van der Waals surface area contributed by atoms with Crippen LogP contribution in [0, 0.1) is 0 Å². The number of nitrogens with zero attached hydrogens (tertiary/aromatic N) is 1. The highest BCUT2D eigenvalue weighted by atomic mass is 79.9. The van der Waals surface area contributed by atoms with E-state index in [1.54, 1.807) is 6.07 Å². The van der Waals surface area contributed by atoms with Gasteiger partial charge in [-0.1, -0.05) is 0 Å². The van der Waals surface area contributed by atoms with Gasteiger partial charge in [0, 0.05) is 21.7 Å². The van der Waals surface area contributed by atoms with E-state index in [1.807, 2.05) is 0 Å². The van der Waals surface area contributed by atoms with Crippen molar-refractivity contribution < 1.29 is 19.1 Å². The number of amides is 2. The third kappa shape index (κ3) is 3.88. The molecule has 0 fully saturated rings. The molecule has 2 heterocycles. The molecule has 0 bridgehead atoms. The van der Waals surface area contributed by atoms with Crippen molar-refractivity contribution in [2.75, 3.05) is 11.9 Å². The molecule has 3 rings (SSSR count). The summed E-state index contributed by atoms with van der Waals surface area (Å²) in [6, 6.07) is 1.54. The smallest absolute Gasteiger partial charge is 0.340 e. The lowest BCUT2D eigenvalue weighted by Gasteiger charge is -2.07. The summed E-state index contributed by atoms with van der Waals surface area (Å²) >= 11 is 4.55. The van der Waals surface area contributed by atoms with Crippen molar-refractivity contribution in [3.05, 3.63) is 44.5 Å². The van der Waals surface area contributed by atoms with E-state index in [4.69, 9.17) is 10.5 Å². The molecule has 7 nitrogen and oxygen atoms in total. The first-order valence-corrected chi connectivity index (χ1v) is 9.08. The van der Waals surface area contributed by atoms with Crippen molar-refractivity contribution in [1.82, 2.24) is 4.98 Å². The number of pyridine rings is 1. The van der Waals surface area contributed by atoms with Gasteiger partial charge in [-0.2, -0.15) is 0 Å². The summed E-state index contributed by atoms with van der Waals surface area (Å²) in [7, 11) is 0. The van der Waals surface area contributed by atoms with Crippen molar-refractivity contribution >= 4 is 50.1 Å². The molecule has 0 spiro atoms. The maximum absolute atomic E-state index is 12.1. The Morgan fingerprint density at radius 2 is 2.12 bits per heavy atom. The van der Waals surface area contributed by atoms with Gasteiger partial charge in [-0.15, -0.1) is 11.3 Å². The van der Waals surface area contributed by atoms with E-state index in [0.717, 1.165) is 29.7 Å². The van der Waals surface area contributed by atoms with Crippen LogP contribution in [-0.2, 0) is 22.4 Å². The minimum Gasteiger partial charge on any atom is -0.452 e. The van der Waals surface area contributed by atoms with Gasteiger partial charge < -0.3 is 15.8 Å². The van der Waals surface area contributed by atoms with E-state index in [2.05, 4.69) is 26.2 Å². The van der Waals surface area contributed by atoms with Crippen molar-refractivity contribution in [3.63, 3.8) is 0 Å². The van der Waals surface area contributed by atoms with Crippen LogP contribution < -0.4 is 11.1 Å². The number of hydrogen-bond acceptors (Lipinski definition) is 6. The van der Waals surface area contributed by atoms with Crippen LogP contribution >= 0.6 is 27.3 Å². The van der Waals surface area contributed by atoms with Crippen molar-refractivity contribution in [1.29, 1.82) is 0 Å². The Kier molecular flexibility index (Phi) is 5.14. The number of aromatic nitrogens is 1. The van der Waals surface area contributed by atoms with Gasteiger partial charge in [0.15, 0.2) is 6.61 Å². The summed E-state index contributed by atoms with van der Waals surface area (Å²) in [5.74, 6) is -1.75. The molecule has 0 radical (unpaired) electrons. The zero-order valence-electron chi connectivity index (χ0n) is 13.0. The van der Waals surface area contributed by atoms with Gasteiger partial charge in [0.25, 0.3) is 11.8 Å². The molecule has 130 valence electrons. The average Bonchev–Trinajstić information content (AvgIpc) is 3.12.